The number of nitrogens with zero attached hydrogens (tertiary/aromatic N) is 3. The van der Waals surface area contributed by atoms with E-state index in [4.69, 9.17) is 21.1 Å². The van der Waals surface area contributed by atoms with Crippen molar-refractivity contribution >= 4 is 17.5 Å². The Balaban J connectivity index is 1.59. The minimum absolute atomic E-state index is 0.0735. The van der Waals surface area contributed by atoms with Gasteiger partial charge < -0.3 is 14.8 Å². The highest BCUT2D eigenvalue weighted by Gasteiger charge is 2.25. The van der Waals surface area contributed by atoms with Gasteiger partial charge in [-0.15, -0.1) is 0 Å². The van der Waals surface area contributed by atoms with E-state index in [0.29, 0.717) is 23.2 Å². The van der Waals surface area contributed by atoms with Crippen LogP contribution in [-0.4, -0.2) is 34.4 Å². The van der Waals surface area contributed by atoms with Gasteiger partial charge in [0.25, 0.3) is 5.91 Å². The summed E-state index contributed by atoms with van der Waals surface area (Å²) in [5, 5.41) is 7.91. The van der Waals surface area contributed by atoms with E-state index in [0.717, 1.165) is 25.2 Å². The Morgan fingerprint density at radius 2 is 2.38 bits per heavy atom. The van der Waals surface area contributed by atoms with E-state index in [9.17, 15) is 4.79 Å². The first-order valence-electron chi connectivity index (χ1n) is 7.76. The molecule has 1 aliphatic heterocycles. The highest BCUT2D eigenvalue weighted by Crippen LogP contribution is 2.23. The molecule has 1 unspecified atom stereocenters. The minimum Gasteiger partial charge on any atom is -0.484 e. The van der Waals surface area contributed by atoms with E-state index in [1.54, 1.807) is 31.4 Å². The van der Waals surface area contributed by atoms with Gasteiger partial charge in [-0.05, 0) is 31.0 Å². The zero-order valence-electron chi connectivity index (χ0n) is 13.4. The molecule has 8 heteroatoms. The van der Waals surface area contributed by atoms with Crippen molar-refractivity contribution in [3.63, 3.8) is 0 Å². The summed E-state index contributed by atoms with van der Waals surface area (Å²) in [6, 6.07) is 6.79. The summed E-state index contributed by atoms with van der Waals surface area (Å²) in [5.41, 5.74) is 0. The van der Waals surface area contributed by atoms with Gasteiger partial charge in [-0.3, -0.25) is 4.79 Å². The first kappa shape index (κ1) is 16.7. The van der Waals surface area contributed by atoms with Gasteiger partial charge in [0.05, 0.1) is 6.04 Å². The number of aromatic nitrogens is 3. The number of carbonyl (C=O) groups excluding carboxylic acids is 1. The molecule has 2 aromatic rings. The lowest BCUT2D eigenvalue weighted by Crippen LogP contribution is -2.36. The summed E-state index contributed by atoms with van der Waals surface area (Å²) in [6.07, 6.45) is 1.76. The Morgan fingerprint density at radius 1 is 1.50 bits per heavy atom. The number of rotatable bonds is 6. The third-order valence-corrected chi connectivity index (χ3v) is 3.93. The predicted molar refractivity (Wildman–Crippen MR) is 87.8 cm³/mol. The van der Waals surface area contributed by atoms with E-state index < -0.39 is 0 Å². The third kappa shape index (κ3) is 4.04. The van der Waals surface area contributed by atoms with Gasteiger partial charge in [-0.1, -0.05) is 17.7 Å². The van der Waals surface area contributed by atoms with Crippen LogP contribution in [0.5, 0.6) is 5.75 Å². The van der Waals surface area contributed by atoms with Crippen molar-refractivity contribution in [1.29, 1.82) is 0 Å². The number of nitrogens with one attached hydrogen (secondary N) is 1. The lowest BCUT2D eigenvalue weighted by Gasteiger charge is -2.23. The van der Waals surface area contributed by atoms with Gasteiger partial charge in [0, 0.05) is 18.7 Å². The summed E-state index contributed by atoms with van der Waals surface area (Å²) >= 11 is 5.89. The Hall–Kier alpha value is -2.12. The second kappa shape index (κ2) is 7.63. The molecule has 0 spiro atoms. The van der Waals surface area contributed by atoms with Crippen LogP contribution < -0.4 is 10.1 Å². The highest BCUT2D eigenvalue weighted by atomic mass is 35.5. The lowest BCUT2D eigenvalue weighted by atomic mass is 10.1. The number of methoxy groups -OCH3 is 1. The number of hydrogen-bond donors (Lipinski definition) is 1. The van der Waals surface area contributed by atoms with Crippen molar-refractivity contribution in [1.82, 2.24) is 20.1 Å². The van der Waals surface area contributed by atoms with Crippen LogP contribution in [-0.2, 0) is 22.7 Å². The van der Waals surface area contributed by atoms with Crippen LogP contribution in [0.4, 0.5) is 0 Å². The molecule has 1 aromatic heterocycles. The average molecular weight is 351 g/mol. The van der Waals surface area contributed by atoms with E-state index in [-0.39, 0.29) is 18.6 Å². The van der Waals surface area contributed by atoms with Crippen LogP contribution in [0.2, 0.25) is 5.02 Å². The number of ether oxygens (including phenoxy) is 2. The number of halogens is 1. The van der Waals surface area contributed by atoms with Crippen molar-refractivity contribution < 1.29 is 14.3 Å². The SMILES string of the molecule is COCc1nc2n(n1)CCCC2NC(=O)COc1cccc(Cl)c1. The summed E-state index contributed by atoms with van der Waals surface area (Å²) < 4.78 is 12.4. The van der Waals surface area contributed by atoms with Gasteiger partial charge in [0.2, 0.25) is 0 Å². The number of amides is 1. The van der Waals surface area contributed by atoms with Crippen molar-refractivity contribution in [2.24, 2.45) is 0 Å². The van der Waals surface area contributed by atoms with Gasteiger partial charge in [0.1, 0.15) is 18.2 Å². The van der Waals surface area contributed by atoms with Crippen LogP contribution in [0, 0.1) is 0 Å². The number of aryl methyl sites for hydroxylation is 1. The smallest absolute Gasteiger partial charge is 0.258 e. The molecule has 1 N–H and O–H groups in total. The lowest BCUT2D eigenvalue weighted by molar-refractivity contribution is -0.124. The molecule has 2 heterocycles. The largest absolute Gasteiger partial charge is 0.484 e. The summed E-state index contributed by atoms with van der Waals surface area (Å²) in [5.74, 6) is 1.75. The van der Waals surface area contributed by atoms with Crippen LogP contribution in [0.25, 0.3) is 0 Å². The Morgan fingerprint density at radius 3 is 3.17 bits per heavy atom. The summed E-state index contributed by atoms with van der Waals surface area (Å²) in [7, 11) is 1.60. The fourth-order valence-electron chi connectivity index (χ4n) is 2.67. The Bertz CT molecular complexity index is 719. The molecule has 24 heavy (non-hydrogen) atoms. The second-order valence-corrected chi connectivity index (χ2v) is 5.99. The topological polar surface area (TPSA) is 78.3 Å². The van der Waals surface area contributed by atoms with Crippen molar-refractivity contribution in [3.05, 3.63) is 40.9 Å². The van der Waals surface area contributed by atoms with E-state index in [2.05, 4.69) is 15.4 Å². The molecule has 0 saturated carbocycles. The number of fused-ring (bicyclic) bond motifs is 1. The molecule has 0 bridgehead atoms. The van der Waals surface area contributed by atoms with Crippen LogP contribution in [0.15, 0.2) is 24.3 Å². The van der Waals surface area contributed by atoms with E-state index in [1.165, 1.54) is 0 Å². The third-order valence-electron chi connectivity index (χ3n) is 3.69. The molecule has 1 aromatic carbocycles. The van der Waals surface area contributed by atoms with Crippen molar-refractivity contribution in [3.8, 4) is 5.75 Å². The first-order valence-corrected chi connectivity index (χ1v) is 8.14. The molecule has 128 valence electrons. The zero-order chi connectivity index (χ0) is 16.9. The number of benzene rings is 1. The Labute approximate surface area is 144 Å². The van der Waals surface area contributed by atoms with Gasteiger partial charge >= 0.3 is 0 Å². The predicted octanol–water partition coefficient (Wildman–Crippen LogP) is 2.11. The van der Waals surface area contributed by atoms with E-state index in [1.807, 2.05) is 4.68 Å². The quantitative estimate of drug-likeness (QED) is 0.863. The first-order chi connectivity index (χ1) is 11.7. The zero-order valence-corrected chi connectivity index (χ0v) is 14.1. The standard InChI is InChI=1S/C16H19ClN4O3/c1-23-9-14-19-16-13(6-3-7-21(16)20-14)18-15(22)10-24-12-5-2-4-11(17)8-12/h2,4-5,8,13H,3,6-7,9-10H2,1H3,(H,18,22). The maximum absolute atomic E-state index is 12.2. The molecule has 1 atom stereocenters. The maximum atomic E-state index is 12.2. The molecular formula is C16H19ClN4O3. The molecule has 0 radical (unpaired) electrons. The fourth-order valence-corrected chi connectivity index (χ4v) is 2.85. The number of hydrogen-bond acceptors (Lipinski definition) is 5. The number of carbonyl (C=O) groups is 1. The second-order valence-electron chi connectivity index (χ2n) is 5.55. The van der Waals surface area contributed by atoms with Crippen molar-refractivity contribution in [2.75, 3.05) is 13.7 Å². The van der Waals surface area contributed by atoms with Gasteiger partial charge in [-0.2, -0.15) is 5.10 Å². The van der Waals surface area contributed by atoms with Crippen LogP contribution >= 0.6 is 11.6 Å². The monoisotopic (exact) mass is 350 g/mol. The Kier molecular flexibility index (Phi) is 5.32. The molecule has 0 aliphatic carbocycles. The van der Waals surface area contributed by atoms with Crippen molar-refractivity contribution in [2.45, 2.75) is 32.0 Å². The molecule has 1 amide bonds. The van der Waals surface area contributed by atoms with E-state index >= 15 is 0 Å². The maximum Gasteiger partial charge on any atom is 0.258 e. The summed E-state index contributed by atoms with van der Waals surface area (Å²) in [4.78, 5) is 16.6. The molecular weight excluding hydrogens is 332 g/mol. The summed E-state index contributed by atoms with van der Waals surface area (Å²) in [6.45, 7) is 1.09. The van der Waals surface area contributed by atoms with Crippen LogP contribution in [0.3, 0.4) is 0 Å². The van der Waals surface area contributed by atoms with Crippen LogP contribution in [0.1, 0.15) is 30.5 Å². The fraction of sp³-hybridized carbons (Fsp3) is 0.438. The molecule has 1 aliphatic rings. The molecule has 0 fully saturated rings. The molecule has 3 rings (SSSR count). The normalized spacial score (nSPS) is 16.5. The minimum atomic E-state index is -0.204. The average Bonchev–Trinajstić information content (AvgIpc) is 2.97. The molecule has 0 saturated heterocycles. The van der Waals surface area contributed by atoms with Gasteiger partial charge in [-0.25, -0.2) is 9.67 Å². The highest BCUT2D eigenvalue weighted by molar-refractivity contribution is 6.30. The van der Waals surface area contributed by atoms with Gasteiger partial charge in [0.15, 0.2) is 12.4 Å². The molecule has 7 nitrogen and oxygen atoms in total.